The van der Waals surface area contributed by atoms with Crippen molar-refractivity contribution in [3.63, 3.8) is 0 Å². The summed E-state index contributed by atoms with van der Waals surface area (Å²) < 4.78 is 11.2. The van der Waals surface area contributed by atoms with Gasteiger partial charge < -0.3 is 5.32 Å². The minimum atomic E-state index is -0.521. The van der Waals surface area contributed by atoms with E-state index in [2.05, 4.69) is 5.32 Å². The van der Waals surface area contributed by atoms with Gasteiger partial charge in [0.1, 0.15) is 0 Å². The van der Waals surface area contributed by atoms with E-state index in [0.29, 0.717) is 6.04 Å². The Labute approximate surface area is 70.2 Å². The largest absolute Gasteiger partial charge is 0.312 e. The van der Waals surface area contributed by atoms with Crippen molar-refractivity contribution in [2.45, 2.75) is 25.3 Å². The van der Waals surface area contributed by atoms with Crippen LogP contribution < -0.4 is 5.32 Å². The first-order chi connectivity index (χ1) is 5.36. The molecular weight excluding hydrogens is 158 g/mol. The molecule has 3 heteroatoms. The highest BCUT2D eigenvalue weighted by molar-refractivity contribution is 7.85. The smallest absolute Gasteiger partial charge is 0.0392 e. The van der Waals surface area contributed by atoms with Gasteiger partial charge in [0, 0.05) is 34.9 Å². The molecule has 2 nitrogen and oxygen atoms in total. The maximum absolute atomic E-state index is 11.2. The summed E-state index contributed by atoms with van der Waals surface area (Å²) in [6.07, 6.45) is 4.10. The van der Waals surface area contributed by atoms with E-state index in [1.165, 1.54) is 19.3 Å². The van der Waals surface area contributed by atoms with Crippen molar-refractivity contribution < 1.29 is 4.21 Å². The molecule has 0 amide bonds. The van der Waals surface area contributed by atoms with Crippen molar-refractivity contribution in [1.29, 1.82) is 0 Å². The predicted molar refractivity (Wildman–Crippen MR) is 47.0 cm³/mol. The molecule has 64 valence electrons. The van der Waals surface area contributed by atoms with Crippen LogP contribution in [0.4, 0.5) is 0 Å². The first-order valence-electron chi connectivity index (χ1n) is 4.44. The fourth-order valence-electron chi connectivity index (χ4n) is 1.85. The molecule has 0 radical (unpaired) electrons. The fraction of sp³-hybridized carbons (Fsp3) is 1.00. The van der Waals surface area contributed by atoms with E-state index in [1.54, 1.807) is 0 Å². The number of nitrogens with one attached hydrogen (secondary N) is 1. The molecule has 0 aromatic rings. The molecule has 0 spiro atoms. The average Bonchev–Trinajstić information content (AvgIpc) is 1.83. The first kappa shape index (κ1) is 7.74. The molecule has 2 unspecified atom stereocenters. The van der Waals surface area contributed by atoms with E-state index in [4.69, 9.17) is 0 Å². The lowest BCUT2D eigenvalue weighted by Gasteiger charge is -2.36. The lowest BCUT2D eigenvalue weighted by Crippen LogP contribution is -2.48. The third-order valence-electron chi connectivity index (χ3n) is 2.82. The summed E-state index contributed by atoms with van der Waals surface area (Å²) in [5.74, 6) is 2.62. The van der Waals surface area contributed by atoms with E-state index < -0.39 is 10.8 Å². The van der Waals surface area contributed by atoms with E-state index in [9.17, 15) is 4.21 Å². The lowest BCUT2D eigenvalue weighted by molar-refractivity contribution is 0.243. The summed E-state index contributed by atoms with van der Waals surface area (Å²) in [5.41, 5.74) is 0. The average molecular weight is 173 g/mol. The zero-order valence-electron chi connectivity index (χ0n) is 6.71. The van der Waals surface area contributed by atoms with Gasteiger partial charge in [-0.15, -0.1) is 0 Å². The molecule has 1 aliphatic heterocycles. The second kappa shape index (κ2) is 3.23. The lowest BCUT2D eigenvalue weighted by atomic mass is 9.80. The Morgan fingerprint density at radius 2 is 2.18 bits per heavy atom. The van der Waals surface area contributed by atoms with E-state index in [1.807, 2.05) is 0 Å². The molecule has 0 aromatic heterocycles. The highest BCUT2D eigenvalue weighted by atomic mass is 32.2. The van der Waals surface area contributed by atoms with Crippen molar-refractivity contribution in [3.05, 3.63) is 0 Å². The highest BCUT2D eigenvalue weighted by Crippen LogP contribution is 2.30. The van der Waals surface area contributed by atoms with Crippen LogP contribution in [0, 0.1) is 5.92 Å². The van der Waals surface area contributed by atoms with Gasteiger partial charge in [-0.1, -0.05) is 6.42 Å². The van der Waals surface area contributed by atoms with Crippen LogP contribution in [0.25, 0.3) is 0 Å². The molecule has 2 fully saturated rings. The Kier molecular flexibility index (Phi) is 2.28. The highest BCUT2D eigenvalue weighted by Gasteiger charge is 2.30. The summed E-state index contributed by atoms with van der Waals surface area (Å²) in [6.45, 7) is 0.966. The molecule has 2 atom stereocenters. The zero-order chi connectivity index (χ0) is 7.68. The molecule has 2 aliphatic rings. The number of rotatable bonds is 1. The van der Waals surface area contributed by atoms with Crippen LogP contribution in [-0.4, -0.2) is 28.3 Å². The Bertz CT molecular complexity index is 167. The summed E-state index contributed by atoms with van der Waals surface area (Å²) in [5, 5.41) is 3.46. The van der Waals surface area contributed by atoms with Gasteiger partial charge in [-0.2, -0.15) is 0 Å². The Morgan fingerprint density at radius 3 is 2.73 bits per heavy atom. The summed E-state index contributed by atoms with van der Waals surface area (Å²) in [6, 6.07) is 0.582. The molecule has 0 aromatic carbocycles. The molecule has 1 saturated carbocycles. The molecule has 0 bridgehead atoms. The van der Waals surface area contributed by atoms with Gasteiger partial charge in [-0.25, -0.2) is 0 Å². The van der Waals surface area contributed by atoms with Crippen molar-refractivity contribution >= 4 is 10.8 Å². The van der Waals surface area contributed by atoms with E-state index in [-0.39, 0.29) is 0 Å². The molecule has 11 heavy (non-hydrogen) atoms. The van der Waals surface area contributed by atoms with Gasteiger partial charge >= 0.3 is 0 Å². The van der Waals surface area contributed by atoms with E-state index in [0.717, 1.165) is 24.0 Å². The van der Waals surface area contributed by atoms with Gasteiger partial charge in [0.25, 0.3) is 0 Å². The van der Waals surface area contributed by atoms with Gasteiger partial charge in [0.2, 0.25) is 0 Å². The van der Waals surface area contributed by atoms with Crippen LogP contribution in [0.5, 0.6) is 0 Å². The second-order valence-electron chi connectivity index (χ2n) is 3.56. The summed E-state index contributed by atoms with van der Waals surface area (Å²) >= 11 is 0. The molecule has 1 N–H and O–H groups in total. The standard InChI is InChI=1S/C8H15NOS/c10-11-5-4-9-8(6-11)7-2-1-3-7/h7-9H,1-6H2. The van der Waals surface area contributed by atoms with Crippen molar-refractivity contribution in [2.24, 2.45) is 5.92 Å². The minimum Gasteiger partial charge on any atom is -0.312 e. The fourth-order valence-corrected chi connectivity index (χ4v) is 3.15. The minimum absolute atomic E-state index is 0.521. The maximum atomic E-state index is 11.2. The van der Waals surface area contributed by atoms with Crippen LogP contribution >= 0.6 is 0 Å². The Hall–Kier alpha value is 0.110. The summed E-state index contributed by atoms with van der Waals surface area (Å²) in [4.78, 5) is 0. The molecule has 1 heterocycles. The van der Waals surface area contributed by atoms with Crippen LogP contribution in [0.1, 0.15) is 19.3 Å². The van der Waals surface area contributed by atoms with Gasteiger partial charge in [-0.05, 0) is 18.8 Å². The van der Waals surface area contributed by atoms with Crippen LogP contribution in [0.15, 0.2) is 0 Å². The van der Waals surface area contributed by atoms with Crippen molar-refractivity contribution in [3.8, 4) is 0 Å². The third-order valence-corrected chi connectivity index (χ3v) is 4.21. The van der Waals surface area contributed by atoms with Gasteiger partial charge in [0.15, 0.2) is 0 Å². The normalized spacial score (nSPS) is 40.0. The first-order valence-corrected chi connectivity index (χ1v) is 5.93. The molecule has 1 aliphatic carbocycles. The quantitative estimate of drug-likeness (QED) is 0.626. The molecule has 1 saturated heterocycles. The van der Waals surface area contributed by atoms with E-state index >= 15 is 0 Å². The predicted octanol–water partition coefficient (Wildman–Crippen LogP) is 0.507. The van der Waals surface area contributed by atoms with Crippen LogP contribution in [0.3, 0.4) is 0 Å². The molecule has 2 rings (SSSR count). The maximum Gasteiger partial charge on any atom is 0.0392 e. The SMILES string of the molecule is O=S1CCNC(C2CCC2)C1. The third kappa shape index (κ3) is 1.64. The zero-order valence-corrected chi connectivity index (χ0v) is 7.53. The number of hydrogen-bond donors (Lipinski definition) is 1. The monoisotopic (exact) mass is 173 g/mol. The summed E-state index contributed by atoms with van der Waals surface area (Å²) in [7, 11) is -0.521. The van der Waals surface area contributed by atoms with Crippen molar-refractivity contribution in [2.75, 3.05) is 18.1 Å². The Morgan fingerprint density at radius 1 is 1.36 bits per heavy atom. The topological polar surface area (TPSA) is 29.1 Å². The van der Waals surface area contributed by atoms with Crippen LogP contribution in [-0.2, 0) is 10.8 Å². The van der Waals surface area contributed by atoms with Gasteiger partial charge in [-0.3, -0.25) is 4.21 Å². The van der Waals surface area contributed by atoms with Crippen molar-refractivity contribution in [1.82, 2.24) is 5.32 Å². The Balaban J connectivity index is 1.87. The second-order valence-corrected chi connectivity index (χ2v) is 5.18. The van der Waals surface area contributed by atoms with Crippen LogP contribution in [0.2, 0.25) is 0 Å². The number of hydrogen-bond acceptors (Lipinski definition) is 2. The van der Waals surface area contributed by atoms with Gasteiger partial charge in [0.05, 0.1) is 0 Å². The molecular formula is C8H15NOS.